The predicted octanol–water partition coefficient (Wildman–Crippen LogP) is 0.0270. The molecule has 94 valence electrons. The number of carbonyl (C=O) groups is 2. The number of nitrogens with zero attached hydrogens (tertiary/aromatic N) is 1. The zero-order chi connectivity index (χ0) is 13.0. The summed E-state index contributed by atoms with van der Waals surface area (Å²) in [5.41, 5.74) is 6.53. The first-order valence-corrected chi connectivity index (χ1v) is 5.07. The van der Waals surface area contributed by atoms with Gasteiger partial charge in [-0.3, -0.25) is 4.79 Å². The molecule has 1 aromatic heterocycles. The van der Waals surface area contributed by atoms with E-state index in [4.69, 9.17) is 5.73 Å². The fraction of sp³-hybridized carbons (Fsp3) is 0.455. The zero-order valence-electron chi connectivity index (χ0n) is 10.1. The van der Waals surface area contributed by atoms with Gasteiger partial charge in [0.1, 0.15) is 5.69 Å². The summed E-state index contributed by atoms with van der Waals surface area (Å²) < 4.78 is 10.9. The molecule has 0 spiro atoms. The quantitative estimate of drug-likeness (QED) is 0.750. The Hall–Kier alpha value is -1.82. The average molecular weight is 240 g/mol. The fourth-order valence-electron chi connectivity index (χ4n) is 1.60. The van der Waals surface area contributed by atoms with Crippen LogP contribution in [0, 0.1) is 0 Å². The molecule has 1 aromatic rings. The fourth-order valence-corrected chi connectivity index (χ4v) is 1.60. The lowest BCUT2D eigenvalue weighted by Gasteiger charge is -2.09. The minimum absolute atomic E-state index is 0.122. The maximum atomic E-state index is 11.5. The number of aromatic nitrogens is 1. The molecule has 17 heavy (non-hydrogen) atoms. The van der Waals surface area contributed by atoms with Gasteiger partial charge in [0.25, 0.3) is 0 Å². The number of hydrogen-bond acceptors (Lipinski definition) is 5. The van der Waals surface area contributed by atoms with Crippen LogP contribution in [0.25, 0.3) is 0 Å². The van der Waals surface area contributed by atoms with E-state index >= 15 is 0 Å². The Morgan fingerprint density at radius 3 is 2.53 bits per heavy atom. The highest BCUT2D eigenvalue weighted by atomic mass is 16.5. The Morgan fingerprint density at radius 2 is 2.06 bits per heavy atom. The Bertz CT molecular complexity index is 425. The SMILES string of the molecule is COC(=O)c1cc(C(CN)C(=O)OC)cn1C. The van der Waals surface area contributed by atoms with Crippen molar-refractivity contribution in [3.8, 4) is 0 Å². The highest BCUT2D eigenvalue weighted by Gasteiger charge is 2.23. The maximum absolute atomic E-state index is 11.5. The number of hydrogen-bond donors (Lipinski definition) is 1. The molecule has 0 saturated heterocycles. The van der Waals surface area contributed by atoms with Crippen molar-refractivity contribution in [1.82, 2.24) is 4.57 Å². The largest absolute Gasteiger partial charge is 0.469 e. The van der Waals surface area contributed by atoms with Crippen LogP contribution in [0.2, 0.25) is 0 Å². The second-order valence-electron chi connectivity index (χ2n) is 3.57. The van der Waals surface area contributed by atoms with E-state index in [1.165, 1.54) is 14.2 Å². The molecule has 0 radical (unpaired) electrons. The predicted molar refractivity (Wildman–Crippen MR) is 60.6 cm³/mol. The molecule has 0 amide bonds. The lowest BCUT2D eigenvalue weighted by molar-refractivity contribution is -0.142. The number of ether oxygens (including phenoxy) is 2. The third kappa shape index (κ3) is 2.65. The van der Waals surface area contributed by atoms with E-state index in [0.717, 1.165) is 0 Å². The van der Waals surface area contributed by atoms with Crippen molar-refractivity contribution in [3.05, 3.63) is 23.5 Å². The van der Waals surface area contributed by atoms with Gasteiger partial charge in [0, 0.05) is 19.8 Å². The third-order valence-corrected chi connectivity index (χ3v) is 2.54. The molecule has 1 unspecified atom stereocenters. The van der Waals surface area contributed by atoms with Crippen molar-refractivity contribution < 1.29 is 19.1 Å². The normalized spacial score (nSPS) is 12.0. The molecule has 1 heterocycles. The molecule has 1 atom stereocenters. The zero-order valence-corrected chi connectivity index (χ0v) is 10.1. The van der Waals surface area contributed by atoms with E-state index in [2.05, 4.69) is 9.47 Å². The molecule has 0 aliphatic rings. The van der Waals surface area contributed by atoms with Crippen LogP contribution in [0.3, 0.4) is 0 Å². The summed E-state index contributed by atoms with van der Waals surface area (Å²) in [6.45, 7) is 0.122. The van der Waals surface area contributed by atoms with E-state index in [-0.39, 0.29) is 6.54 Å². The molecule has 0 aliphatic heterocycles. The molecule has 0 bridgehead atoms. The minimum atomic E-state index is -0.565. The highest BCUT2D eigenvalue weighted by molar-refractivity contribution is 5.88. The van der Waals surface area contributed by atoms with E-state index in [9.17, 15) is 9.59 Å². The smallest absolute Gasteiger partial charge is 0.354 e. The summed E-state index contributed by atoms with van der Waals surface area (Å²) in [6, 6.07) is 1.58. The Kier molecular flexibility index (Phi) is 4.28. The highest BCUT2D eigenvalue weighted by Crippen LogP contribution is 2.19. The molecule has 0 saturated carbocycles. The van der Waals surface area contributed by atoms with Crippen molar-refractivity contribution in [3.63, 3.8) is 0 Å². The van der Waals surface area contributed by atoms with Gasteiger partial charge < -0.3 is 19.8 Å². The van der Waals surface area contributed by atoms with E-state index < -0.39 is 17.9 Å². The average Bonchev–Trinajstić information content (AvgIpc) is 2.70. The van der Waals surface area contributed by atoms with Crippen LogP contribution in [0.1, 0.15) is 22.0 Å². The summed E-state index contributed by atoms with van der Waals surface area (Å²) in [5.74, 6) is -1.45. The van der Waals surface area contributed by atoms with Gasteiger partial charge in [-0.15, -0.1) is 0 Å². The van der Waals surface area contributed by atoms with Crippen molar-refractivity contribution in [2.24, 2.45) is 12.8 Å². The Balaban J connectivity index is 3.07. The van der Waals surface area contributed by atoms with Crippen LogP contribution >= 0.6 is 0 Å². The molecule has 6 heteroatoms. The van der Waals surface area contributed by atoms with Crippen molar-refractivity contribution in [1.29, 1.82) is 0 Å². The van der Waals surface area contributed by atoms with Crippen molar-refractivity contribution in [2.75, 3.05) is 20.8 Å². The van der Waals surface area contributed by atoms with Gasteiger partial charge in [-0.1, -0.05) is 0 Å². The number of carbonyl (C=O) groups excluding carboxylic acids is 2. The number of rotatable bonds is 4. The lowest BCUT2D eigenvalue weighted by atomic mass is 10.0. The van der Waals surface area contributed by atoms with Gasteiger partial charge in [-0.25, -0.2) is 4.79 Å². The summed E-state index contributed by atoms with van der Waals surface area (Å²) >= 11 is 0. The first kappa shape index (κ1) is 13.2. The number of methoxy groups -OCH3 is 2. The van der Waals surface area contributed by atoms with E-state index in [1.807, 2.05) is 0 Å². The van der Waals surface area contributed by atoms with Crippen molar-refractivity contribution in [2.45, 2.75) is 5.92 Å². The summed E-state index contributed by atoms with van der Waals surface area (Å²) in [6.07, 6.45) is 1.67. The minimum Gasteiger partial charge on any atom is -0.469 e. The molecule has 0 aliphatic carbocycles. The molecular formula is C11H16N2O4. The first-order valence-electron chi connectivity index (χ1n) is 5.07. The second-order valence-corrected chi connectivity index (χ2v) is 3.57. The number of aryl methyl sites for hydroxylation is 1. The van der Waals surface area contributed by atoms with E-state index in [0.29, 0.717) is 11.3 Å². The standard InChI is InChI=1S/C11H16N2O4/c1-13-6-7(4-9(13)11(15)17-3)8(5-12)10(14)16-2/h4,6,8H,5,12H2,1-3H3. The first-order chi connectivity index (χ1) is 8.04. The molecule has 0 fully saturated rings. The summed E-state index contributed by atoms with van der Waals surface area (Å²) in [7, 11) is 4.30. The summed E-state index contributed by atoms with van der Waals surface area (Å²) in [4.78, 5) is 22.9. The summed E-state index contributed by atoms with van der Waals surface area (Å²) in [5, 5.41) is 0. The monoisotopic (exact) mass is 240 g/mol. The Morgan fingerprint density at radius 1 is 1.41 bits per heavy atom. The number of esters is 2. The van der Waals surface area contributed by atoms with Crippen LogP contribution in [-0.4, -0.2) is 37.3 Å². The van der Waals surface area contributed by atoms with E-state index in [1.54, 1.807) is 23.9 Å². The Labute approximate surface area is 99.3 Å². The van der Waals surface area contributed by atoms with Gasteiger partial charge in [0.15, 0.2) is 0 Å². The topological polar surface area (TPSA) is 83.6 Å². The maximum Gasteiger partial charge on any atom is 0.354 e. The van der Waals surface area contributed by atoms with Crippen LogP contribution in [-0.2, 0) is 21.3 Å². The van der Waals surface area contributed by atoms with Gasteiger partial charge in [0.05, 0.1) is 20.1 Å². The van der Waals surface area contributed by atoms with Crippen molar-refractivity contribution >= 4 is 11.9 Å². The third-order valence-electron chi connectivity index (χ3n) is 2.54. The van der Waals surface area contributed by atoms with Crippen LogP contribution in [0.5, 0.6) is 0 Å². The van der Waals surface area contributed by atoms with Crippen LogP contribution < -0.4 is 5.73 Å². The molecule has 2 N–H and O–H groups in total. The molecule has 1 rings (SSSR count). The molecular weight excluding hydrogens is 224 g/mol. The van der Waals surface area contributed by atoms with Crippen LogP contribution in [0.4, 0.5) is 0 Å². The van der Waals surface area contributed by atoms with Gasteiger partial charge in [-0.05, 0) is 11.6 Å². The lowest BCUT2D eigenvalue weighted by Crippen LogP contribution is -2.22. The second kappa shape index (κ2) is 5.49. The van der Waals surface area contributed by atoms with Gasteiger partial charge in [0.2, 0.25) is 0 Å². The number of nitrogens with two attached hydrogens (primary N) is 1. The van der Waals surface area contributed by atoms with Gasteiger partial charge >= 0.3 is 11.9 Å². The molecule has 0 aromatic carbocycles. The van der Waals surface area contributed by atoms with Gasteiger partial charge in [-0.2, -0.15) is 0 Å². The molecule has 6 nitrogen and oxygen atoms in total. The van der Waals surface area contributed by atoms with Crippen LogP contribution in [0.15, 0.2) is 12.3 Å².